The van der Waals surface area contributed by atoms with Gasteiger partial charge in [0.05, 0.1) is 5.56 Å². The minimum atomic E-state index is -0.476. The first-order valence-electron chi connectivity index (χ1n) is 6.77. The first kappa shape index (κ1) is 12.8. The summed E-state index contributed by atoms with van der Waals surface area (Å²) in [6, 6.07) is 3.17. The highest BCUT2D eigenvalue weighted by atomic mass is 16.2. The maximum atomic E-state index is 12.2. The fraction of sp³-hybridized carbons (Fsp3) is 0.429. The highest BCUT2D eigenvalue weighted by molar-refractivity contribution is 6.21. The Hall–Kier alpha value is -2.24. The van der Waals surface area contributed by atoms with Gasteiger partial charge in [-0.15, -0.1) is 0 Å². The molecule has 104 valence electrons. The van der Waals surface area contributed by atoms with Crippen LogP contribution in [0.3, 0.4) is 0 Å². The van der Waals surface area contributed by atoms with E-state index in [-0.39, 0.29) is 23.7 Å². The number of likely N-dealkylation sites (tertiary alicyclic amines) is 1. The zero-order chi connectivity index (χ0) is 14.1. The molecule has 0 radical (unpaired) electrons. The van der Waals surface area contributed by atoms with Crippen LogP contribution in [0.15, 0.2) is 18.3 Å². The van der Waals surface area contributed by atoms with Crippen LogP contribution in [0, 0.1) is 0 Å². The topological polar surface area (TPSA) is 70.6 Å². The summed E-state index contributed by atoms with van der Waals surface area (Å²) in [6.07, 6.45) is 4.56. The van der Waals surface area contributed by atoms with Crippen molar-refractivity contribution in [1.82, 2.24) is 14.8 Å². The molecule has 2 aliphatic rings. The van der Waals surface area contributed by atoms with Crippen molar-refractivity contribution in [3.63, 3.8) is 0 Å². The molecule has 20 heavy (non-hydrogen) atoms. The van der Waals surface area contributed by atoms with Crippen LogP contribution < -0.4 is 0 Å². The molecule has 0 saturated carbocycles. The van der Waals surface area contributed by atoms with Crippen LogP contribution in [-0.4, -0.2) is 52.1 Å². The van der Waals surface area contributed by atoms with Gasteiger partial charge in [0.25, 0.3) is 11.8 Å². The van der Waals surface area contributed by atoms with Crippen LogP contribution in [0.4, 0.5) is 0 Å². The molecular formula is C14H15N3O3. The second-order valence-corrected chi connectivity index (χ2v) is 5.04. The zero-order valence-corrected chi connectivity index (χ0v) is 11.0. The fourth-order valence-corrected chi connectivity index (χ4v) is 2.64. The number of imide groups is 1. The molecule has 0 aromatic carbocycles. The minimum absolute atomic E-state index is 0.143. The second-order valence-electron chi connectivity index (χ2n) is 5.04. The number of carbonyl (C=O) groups is 3. The van der Waals surface area contributed by atoms with Crippen molar-refractivity contribution in [1.29, 1.82) is 0 Å². The average molecular weight is 273 g/mol. The summed E-state index contributed by atoms with van der Waals surface area (Å²) in [5.74, 6) is -1.07. The number of hydrogen-bond donors (Lipinski definition) is 0. The van der Waals surface area contributed by atoms with Crippen molar-refractivity contribution in [2.45, 2.75) is 19.3 Å². The van der Waals surface area contributed by atoms with E-state index in [0.717, 1.165) is 24.2 Å². The van der Waals surface area contributed by atoms with Crippen LogP contribution in [-0.2, 0) is 4.79 Å². The molecule has 0 unspecified atom stereocenters. The maximum absolute atomic E-state index is 12.2. The Kier molecular flexibility index (Phi) is 3.22. The van der Waals surface area contributed by atoms with Crippen molar-refractivity contribution in [3.05, 3.63) is 29.6 Å². The highest BCUT2D eigenvalue weighted by Crippen LogP contribution is 2.20. The molecule has 3 amide bonds. The number of nitrogens with zero attached hydrogens (tertiary/aromatic N) is 3. The predicted octanol–water partition coefficient (Wildman–Crippen LogP) is 0.690. The predicted molar refractivity (Wildman–Crippen MR) is 70.0 cm³/mol. The smallest absolute Gasteiger partial charge is 0.280 e. The van der Waals surface area contributed by atoms with Gasteiger partial charge in [-0.2, -0.15) is 0 Å². The first-order valence-corrected chi connectivity index (χ1v) is 6.77. The third-order valence-corrected chi connectivity index (χ3v) is 3.73. The van der Waals surface area contributed by atoms with E-state index in [2.05, 4.69) is 4.98 Å². The second kappa shape index (κ2) is 5.03. The van der Waals surface area contributed by atoms with Crippen molar-refractivity contribution in [3.8, 4) is 0 Å². The summed E-state index contributed by atoms with van der Waals surface area (Å²) < 4.78 is 0. The van der Waals surface area contributed by atoms with Crippen molar-refractivity contribution < 1.29 is 14.4 Å². The Balaban J connectivity index is 1.74. The van der Waals surface area contributed by atoms with Gasteiger partial charge in [-0.05, 0) is 31.4 Å². The van der Waals surface area contributed by atoms with E-state index in [1.807, 2.05) is 0 Å². The van der Waals surface area contributed by atoms with Crippen LogP contribution in [0.2, 0.25) is 0 Å². The molecule has 1 aromatic heterocycles. The number of aromatic nitrogens is 1. The standard InChI is InChI=1S/C14H15N3O3/c18-11(16-7-2-1-3-8-16)9-17-13(19)10-5-4-6-15-12(10)14(17)20/h4-6H,1-3,7-9H2. The first-order chi connectivity index (χ1) is 9.68. The van der Waals surface area contributed by atoms with Gasteiger partial charge >= 0.3 is 0 Å². The van der Waals surface area contributed by atoms with Gasteiger partial charge in [0.2, 0.25) is 5.91 Å². The van der Waals surface area contributed by atoms with Crippen LogP contribution in [0.1, 0.15) is 40.1 Å². The quantitative estimate of drug-likeness (QED) is 0.743. The summed E-state index contributed by atoms with van der Waals surface area (Å²) in [6.45, 7) is 1.23. The molecule has 0 N–H and O–H groups in total. The summed E-state index contributed by atoms with van der Waals surface area (Å²) in [5.41, 5.74) is 0.424. The number of piperidine rings is 1. The van der Waals surface area contributed by atoms with Crippen LogP contribution >= 0.6 is 0 Å². The molecule has 1 aromatic rings. The van der Waals surface area contributed by atoms with Crippen molar-refractivity contribution in [2.24, 2.45) is 0 Å². The normalized spacial score (nSPS) is 18.4. The summed E-state index contributed by atoms with van der Waals surface area (Å²) in [7, 11) is 0. The van der Waals surface area contributed by atoms with Gasteiger partial charge < -0.3 is 4.90 Å². The lowest BCUT2D eigenvalue weighted by Crippen LogP contribution is -2.44. The number of amides is 3. The molecule has 6 heteroatoms. The molecule has 0 spiro atoms. The molecular weight excluding hydrogens is 258 g/mol. The number of rotatable bonds is 2. The van der Waals surface area contributed by atoms with E-state index in [4.69, 9.17) is 0 Å². The molecule has 2 aliphatic heterocycles. The lowest BCUT2D eigenvalue weighted by Gasteiger charge is -2.28. The molecule has 3 heterocycles. The molecule has 3 rings (SSSR count). The van der Waals surface area contributed by atoms with Crippen molar-refractivity contribution >= 4 is 17.7 Å². The minimum Gasteiger partial charge on any atom is -0.341 e. The number of fused-ring (bicyclic) bond motifs is 1. The molecule has 0 aliphatic carbocycles. The Morgan fingerprint density at radius 2 is 1.90 bits per heavy atom. The van der Waals surface area contributed by atoms with Gasteiger partial charge in [0.1, 0.15) is 12.2 Å². The monoisotopic (exact) mass is 273 g/mol. The fourth-order valence-electron chi connectivity index (χ4n) is 2.64. The summed E-state index contributed by atoms with van der Waals surface area (Å²) >= 11 is 0. The molecule has 0 atom stereocenters. The highest BCUT2D eigenvalue weighted by Gasteiger charge is 2.38. The SMILES string of the molecule is O=C(CN1C(=O)c2cccnc2C1=O)N1CCCCC1. The Bertz CT molecular complexity index is 544. The molecule has 1 fully saturated rings. The van der Waals surface area contributed by atoms with E-state index in [1.165, 1.54) is 6.20 Å². The third-order valence-electron chi connectivity index (χ3n) is 3.73. The van der Waals surface area contributed by atoms with Gasteiger partial charge in [-0.1, -0.05) is 0 Å². The number of hydrogen-bond acceptors (Lipinski definition) is 4. The summed E-state index contributed by atoms with van der Waals surface area (Å²) in [4.78, 5) is 43.0. The lowest BCUT2D eigenvalue weighted by molar-refractivity contribution is -0.132. The van der Waals surface area contributed by atoms with E-state index in [9.17, 15) is 14.4 Å². The largest absolute Gasteiger partial charge is 0.341 e. The van der Waals surface area contributed by atoms with Crippen LogP contribution in [0.5, 0.6) is 0 Å². The summed E-state index contributed by atoms with van der Waals surface area (Å²) in [5, 5.41) is 0. The third kappa shape index (κ3) is 2.07. The van der Waals surface area contributed by atoms with E-state index < -0.39 is 11.8 Å². The number of carbonyl (C=O) groups excluding carboxylic acids is 3. The van der Waals surface area contributed by atoms with Gasteiger partial charge in [0.15, 0.2) is 0 Å². The van der Waals surface area contributed by atoms with Gasteiger partial charge in [0, 0.05) is 19.3 Å². The number of pyridine rings is 1. The molecule has 0 bridgehead atoms. The zero-order valence-electron chi connectivity index (χ0n) is 11.0. The van der Waals surface area contributed by atoms with Gasteiger partial charge in [-0.25, -0.2) is 0 Å². The van der Waals surface area contributed by atoms with E-state index >= 15 is 0 Å². The Morgan fingerprint density at radius 3 is 2.60 bits per heavy atom. The average Bonchev–Trinajstić information content (AvgIpc) is 2.74. The molecule has 1 saturated heterocycles. The maximum Gasteiger partial charge on any atom is 0.280 e. The Labute approximate surface area is 116 Å². The van der Waals surface area contributed by atoms with E-state index in [1.54, 1.807) is 17.0 Å². The lowest BCUT2D eigenvalue weighted by atomic mass is 10.1. The van der Waals surface area contributed by atoms with Crippen molar-refractivity contribution in [2.75, 3.05) is 19.6 Å². The van der Waals surface area contributed by atoms with Gasteiger partial charge in [-0.3, -0.25) is 24.3 Å². The Morgan fingerprint density at radius 1 is 1.15 bits per heavy atom. The molecule has 6 nitrogen and oxygen atoms in total. The van der Waals surface area contributed by atoms with Crippen LogP contribution in [0.25, 0.3) is 0 Å². The van der Waals surface area contributed by atoms with E-state index in [0.29, 0.717) is 13.1 Å².